The van der Waals surface area contributed by atoms with E-state index in [2.05, 4.69) is 10.3 Å². The third-order valence-corrected chi connectivity index (χ3v) is 6.15. The Kier molecular flexibility index (Phi) is 7.78. The molecule has 1 fully saturated rings. The van der Waals surface area contributed by atoms with E-state index in [0.717, 1.165) is 0 Å². The van der Waals surface area contributed by atoms with E-state index in [1.165, 1.54) is 6.07 Å². The van der Waals surface area contributed by atoms with E-state index < -0.39 is 16.6 Å². The molecule has 1 saturated heterocycles. The normalized spacial score (nSPS) is 15.5. The van der Waals surface area contributed by atoms with Crippen molar-refractivity contribution >= 4 is 22.8 Å². The summed E-state index contributed by atoms with van der Waals surface area (Å²) in [5.74, 6) is -0.329. The van der Waals surface area contributed by atoms with Crippen LogP contribution in [0, 0.1) is 12.7 Å². The number of aromatic nitrogens is 1. The Balaban J connectivity index is 1.49. The molecule has 1 aliphatic heterocycles. The first-order chi connectivity index (χ1) is 14.9. The fraction of sp³-hybridized carbons (Fsp3) is 0.476. The minimum atomic E-state index is -1.49. The first-order valence-corrected chi connectivity index (χ1v) is 11.6. The van der Waals surface area contributed by atoms with Gasteiger partial charge < -0.3 is 19.4 Å². The van der Waals surface area contributed by atoms with Crippen LogP contribution in [0.3, 0.4) is 0 Å². The van der Waals surface area contributed by atoms with Crippen molar-refractivity contribution in [3.63, 3.8) is 0 Å². The van der Waals surface area contributed by atoms with Crippen LogP contribution in [0.25, 0.3) is 11.5 Å². The summed E-state index contributed by atoms with van der Waals surface area (Å²) >= 11 is 0. The van der Waals surface area contributed by atoms with E-state index in [9.17, 15) is 18.2 Å². The predicted molar refractivity (Wildman–Crippen MR) is 113 cm³/mol. The quantitative estimate of drug-likeness (QED) is 0.695. The Bertz CT molecular complexity index is 956. The van der Waals surface area contributed by atoms with Gasteiger partial charge in [0.15, 0.2) is 0 Å². The summed E-state index contributed by atoms with van der Waals surface area (Å²) in [5, 5.41) is 2.88. The number of rotatable bonds is 7. The van der Waals surface area contributed by atoms with E-state index in [4.69, 9.17) is 9.15 Å². The topological polar surface area (TPSA) is 102 Å². The van der Waals surface area contributed by atoms with E-state index in [1.54, 1.807) is 36.9 Å². The maximum Gasteiger partial charge on any atom is 0.409 e. The summed E-state index contributed by atoms with van der Waals surface area (Å²) in [6.45, 7) is 4.76. The molecule has 1 N–H and O–H groups in total. The monoisotopic (exact) mass is 451 g/mol. The van der Waals surface area contributed by atoms with Crippen LogP contribution in [0.4, 0.5) is 9.18 Å². The molecule has 0 radical (unpaired) electrons. The Morgan fingerprint density at radius 1 is 1.32 bits per heavy atom. The number of likely N-dealkylation sites (tertiary alicyclic amines) is 1. The van der Waals surface area contributed by atoms with Gasteiger partial charge in [-0.2, -0.15) is 0 Å². The summed E-state index contributed by atoms with van der Waals surface area (Å²) in [6, 6.07) is 6.05. The molecule has 31 heavy (non-hydrogen) atoms. The van der Waals surface area contributed by atoms with E-state index >= 15 is 0 Å². The molecule has 0 bridgehead atoms. The van der Waals surface area contributed by atoms with Crippen LogP contribution in [0.15, 0.2) is 28.7 Å². The third kappa shape index (κ3) is 6.13. The second-order valence-corrected chi connectivity index (χ2v) is 8.72. The number of ether oxygens (including phenoxy) is 1. The number of hydrogen-bond acceptors (Lipinski definition) is 6. The van der Waals surface area contributed by atoms with Crippen molar-refractivity contribution in [3.05, 3.63) is 41.5 Å². The van der Waals surface area contributed by atoms with Gasteiger partial charge in [-0.05, 0) is 38.8 Å². The Labute approximate surface area is 182 Å². The number of piperidine rings is 1. The van der Waals surface area contributed by atoms with E-state index in [0.29, 0.717) is 44.0 Å². The number of aryl methyl sites for hydroxylation is 1. The van der Waals surface area contributed by atoms with Crippen molar-refractivity contribution in [1.82, 2.24) is 15.2 Å². The summed E-state index contributed by atoms with van der Waals surface area (Å²) in [6.07, 6.45) is 0.892. The average molecular weight is 452 g/mol. The highest BCUT2D eigenvalue weighted by atomic mass is 32.2. The average Bonchev–Trinajstić information content (AvgIpc) is 3.08. The van der Waals surface area contributed by atoms with Crippen LogP contribution >= 0.6 is 0 Å². The number of nitrogens with one attached hydrogen (secondary N) is 1. The van der Waals surface area contributed by atoms with Crippen molar-refractivity contribution in [2.24, 2.45) is 0 Å². The SMILES string of the molecule is CCOC(=O)N1CCC(NC(=O)CS(=O)Cc2nc(-c3ccccc3F)oc2C)CC1. The number of benzene rings is 1. The summed E-state index contributed by atoms with van der Waals surface area (Å²) in [4.78, 5) is 29.9. The van der Waals surface area contributed by atoms with E-state index in [1.807, 2.05) is 0 Å². The van der Waals surface area contributed by atoms with Crippen LogP contribution in [-0.4, -0.2) is 57.6 Å². The lowest BCUT2D eigenvalue weighted by Crippen LogP contribution is -2.47. The van der Waals surface area contributed by atoms with Crippen LogP contribution in [0.2, 0.25) is 0 Å². The van der Waals surface area contributed by atoms with Crippen molar-refractivity contribution in [3.8, 4) is 11.5 Å². The molecule has 1 atom stereocenters. The lowest BCUT2D eigenvalue weighted by atomic mass is 10.1. The molecule has 0 saturated carbocycles. The lowest BCUT2D eigenvalue weighted by Gasteiger charge is -2.31. The molecule has 0 aliphatic carbocycles. The summed E-state index contributed by atoms with van der Waals surface area (Å²) in [7, 11) is -1.49. The molecule has 1 aromatic heterocycles. The van der Waals surface area contributed by atoms with Crippen LogP contribution in [0.1, 0.15) is 31.2 Å². The van der Waals surface area contributed by atoms with Crippen molar-refractivity contribution < 1.29 is 27.3 Å². The molecule has 2 heterocycles. The molecule has 1 aliphatic rings. The Morgan fingerprint density at radius 2 is 2.03 bits per heavy atom. The Hall–Kier alpha value is -2.75. The summed E-state index contributed by atoms with van der Waals surface area (Å²) in [5.41, 5.74) is 0.668. The molecule has 10 heteroatoms. The number of carbonyl (C=O) groups is 2. The number of oxazole rings is 1. The summed E-state index contributed by atoms with van der Waals surface area (Å²) < 4.78 is 36.9. The van der Waals surface area contributed by atoms with Gasteiger partial charge in [0, 0.05) is 29.9 Å². The van der Waals surface area contributed by atoms with Crippen LogP contribution in [-0.2, 0) is 26.1 Å². The van der Waals surface area contributed by atoms with Gasteiger partial charge in [-0.15, -0.1) is 0 Å². The maximum atomic E-state index is 13.9. The maximum absolute atomic E-state index is 13.9. The molecular formula is C21H26FN3O5S. The molecule has 2 amide bonds. The molecular weight excluding hydrogens is 425 g/mol. The molecule has 0 spiro atoms. The number of nitrogens with zero attached hydrogens (tertiary/aromatic N) is 2. The zero-order valence-electron chi connectivity index (χ0n) is 17.6. The fourth-order valence-electron chi connectivity index (χ4n) is 3.35. The minimum Gasteiger partial charge on any atom is -0.450 e. The predicted octanol–water partition coefficient (Wildman–Crippen LogP) is 2.77. The van der Waals surface area contributed by atoms with Gasteiger partial charge in [-0.1, -0.05) is 12.1 Å². The van der Waals surface area contributed by atoms with Gasteiger partial charge in [0.2, 0.25) is 11.8 Å². The number of carbonyl (C=O) groups excluding carboxylic acids is 2. The van der Waals surface area contributed by atoms with Crippen LogP contribution < -0.4 is 5.32 Å². The van der Waals surface area contributed by atoms with Crippen molar-refractivity contribution in [1.29, 1.82) is 0 Å². The number of halogens is 1. The zero-order chi connectivity index (χ0) is 22.4. The standard InChI is InChI=1S/C21H26FN3O5S/c1-3-29-21(27)25-10-8-15(9-11-25)23-19(26)13-31(28)12-18-14(2)30-20(24-18)16-6-4-5-7-17(16)22/h4-7,15H,3,8-13H2,1-2H3,(H,23,26). The van der Waals surface area contributed by atoms with Gasteiger partial charge in [-0.25, -0.2) is 14.2 Å². The highest BCUT2D eigenvalue weighted by molar-refractivity contribution is 7.84. The molecule has 3 rings (SSSR count). The molecule has 1 unspecified atom stereocenters. The second-order valence-electron chi connectivity index (χ2n) is 7.26. The highest BCUT2D eigenvalue weighted by Crippen LogP contribution is 2.24. The Morgan fingerprint density at radius 3 is 2.71 bits per heavy atom. The molecule has 168 valence electrons. The van der Waals surface area contributed by atoms with Gasteiger partial charge in [-0.3, -0.25) is 9.00 Å². The fourth-order valence-corrected chi connectivity index (χ4v) is 4.40. The highest BCUT2D eigenvalue weighted by Gasteiger charge is 2.25. The first kappa shape index (κ1) is 22.9. The van der Waals surface area contributed by atoms with E-state index in [-0.39, 0.29) is 41.0 Å². The molecule has 2 aromatic rings. The third-order valence-electron chi connectivity index (χ3n) is 4.97. The van der Waals surface area contributed by atoms with Gasteiger partial charge in [0.1, 0.15) is 17.3 Å². The van der Waals surface area contributed by atoms with Crippen LogP contribution in [0.5, 0.6) is 0 Å². The van der Waals surface area contributed by atoms with Crippen molar-refractivity contribution in [2.75, 3.05) is 25.4 Å². The lowest BCUT2D eigenvalue weighted by molar-refractivity contribution is -0.119. The largest absolute Gasteiger partial charge is 0.450 e. The first-order valence-electron chi connectivity index (χ1n) is 10.1. The van der Waals surface area contributed by atoms with Gasteiger partial charge >= 0.3 is 6.09 Å². The molecule has 8 nitrogen and oxygen atoms in total. The molecule has 1 aromatic carbocycles. The minimum absolute atomic E-state index is 0.0402. The smallest absolute Gasteiger partial charge is 0.409 e. The van der Waals surface area contributed by atoms with Gasteiger partial charge in [0.25, 0.3) is 0 Å². The second kappa shape index (κ2) is 10.5. The van der Waals surface area contributed by atoms with Crippen molar-refractivity contribution in [2.45, 2.75) is 38.5 Å². The zero-order valence-corrected chi connectivity index (χ0v) is 18.4. The number of hydrogen-bond donors (Lipinski definition) is 1. The van der Waals surface area contributed by atoms with Gasteiger partial charge in [0.05, 0.1) is 23.6 Å². The number of amides is 2.